The molecule has 0 aliphatic heterocycles. The van der Waals surface area contributed by atoms with Crippen molar-refractivity contribution in [2.24, 2.45) is 5.10 Å². The summed E-state index contributed by atoms with van der Waals surface area (Å²) in [7, 11) is 3.06. The Hall–Kier alpha value is -2.18. The van der Waals surface area contributed by atoms with E-state index < -0.39 is 6.10 Å². The van der Waals surface area contributed by atoms with Gasteiger partial charge in [-0.3, -0.25) is 4.79 Å². The van der Waals surface area contributed by atoms with E-state index in [1.165, 1.54) is 13.3 Å². The van der Waals surface area contributed by atoms with Crippen molar-refractivity contribution in [1.82, 2.24) is 5.43 Å². The number of nitrogens with one attached hydrogen (secondary N) is 1. The number of amides is 1. The second-order valence-electron chi connectivity index (χ2n) is 4.65. The monoisotopic (exact) mass is 376 g/mol. The highest BCUT2D eigenvalue weighted by atomic mass is 79.9. The lowest BCUT2D eigenvalue weighted by molar-refractivity contribution is -0.131. The van der Waals surface area contributed by atoms with E-state index in [0.29, 0.717) is 5.75 Å². The topological polar surface area (TPSA) is 59.9 Å². The molecule has 2 aromatic carbocycles. The number of rotatable bonds is 6. The van der Waals surface area contributed by atoms with Crippen LogP contribution in [0.2, 0.25) is 0 Å². The van der Waals surface area contributed by atoms with Crippen molar-refractivity contribution in [3.8, 4) is 5.75 Å². The van der Waals surface area contributed by atoms with Crippen LogP contribution in [0, 0.1) is 0 Å². The van der Waals surface area contributed by atoms with Gasteiger partial charge in [-0.1, -0.05) is 46.3 Å². The van der Waals surface area contributed by atoms with Crippen LogP contribution in [0.5, 0.6) is 5.75 Å². The van der Waals surface area contributed by atoms with Gasteiger partial charge in [0.1, 0.15) is 5.75 Å². The molecule has 0 saturated carbocycles. The van der Waals surface area contributed by atoms with Crippen molar-refractivity contribution >= 4 is 28.1 Å². The van der Waals surface area contributed by atoms with Gasteiger partial charge in [-0.05, 0) is 23.8 Å². The molecular formula is C17H17BrN2O3. The molecule has 23 heavy (non-hydrogen) atoms. The number of nitrogens with zero attached hydrogens (tertiary/aromatic N) is 1. The fourth-order valence-electron chi connectivity index (χ4n) is 2.05. The Morgan fingerprint density at radius 1 is 1.22 bits per heavy atom. The minimum absolute atomic E-state index is 0.344. The third-order valence-corrected chi connectivity index (χ3v) is 3.64. The zero-order valence-electron chi connectivity index (χ0n) is 12.8. The van der Waals surface area contributed by atoms with Gasteiger partial charge < -0.3 is 9.47 Å². The van der Waals surface area contributed by atoms with E-state index in [2.05, 4.69) is 26.5 Å². The summed E-state index contributed by atoms with van der Waals surface area (Å²) in [6.07, 6.45) is 0.817. The van der Waals surface area contributed by atoms with Crippen LogP contribution in [0.1, 0.15) is 17.2 Å². The van der Waals surface area contributed by atoms with Crippen molar-refractivity contribution in [3.05, 3.63) is 64.1 Å². The first-order chi connectivity index (χ1) is 11.2. The molecule has 0 aliphatic rings. The Morgan fingerprint density at radius 3 is 2.61 bits per heavy atom. The van der Waals surface area contributed by atoms with Crippen LogP contribution in [-0.2, 0) is 9.53 Å². The lowest BCUT2D eigenvalue weighted by atomic mass is 10.1. The van der Waals surface area contributed by atoms with Gasteiger partial charge in [-0.15, -0.1) is 0 Å². The molecule has 0 bridgehead atoms. The average Bonchev–Trinajstić information content (AvgIpc) is 2.57. The number of halogens is 1. The van der Waals surface area contributed by atoms with E-state index in [0.717, 1.165) is 15.6 Å². The summed E-state index contributed by atoms with van der Waals surface area (Å²) in [5.74, 6) is 0.321. The molecule has 0 heterocycles. The lowest BCUT2D eigenvalue weighted by Crippen LogP contribution is -2.26. The minimum atomic E-state index is -0.710. The molecule has 1 N–H and O–H groups in total. The summed E-state index contributed by atoms with van der Waals surface area (Å²) >= 11 is 3.39. The van der Waals surface area contributed by atoms with Gasteiger partial charge in [0.2, 0.25) is 0 Å². The summed E-state index contributed by atoms with van der Waals surface area (Å²) < 4.78 is 11.4. The number of methoxy groups -OCH3 is 2. The second-order valence-corrected chi connectivity index (χ2v) is 5.56. The summed E-state index contributed by atoms with van der Waals surface area (Å²) in [6.45, 7) is 0. The van der Waals surface area contributed by atoms with Crippen LogP contribution >= 0.6 is 15.9 Å². The first-order valence-corrected chi connectivity index (χ1v) is 7.69. The van der Waals surface area contributed by atoms with E-state index in [1.807, 2.05) is 48.5 Å². The van der Waals surface area contributed by atoms with Crippen LogP contribution in [0.15, 0.2) is 58.1 Å². The number of carbonyl (C=O) groups excluding carboxylic acids is 1. The lowest BCUT2D eigenvalue weighted by Gasteiger charge is -2.13. The maximum Gasteiger partial charge on any atom is 0.273 e. The summed E-state index contributed by atoms with van der Waals surface area (Å²) in [5, 5.41) is 3.98. The number of carbonyl (C=O) groups is 1. The Bertz CT molecular complexity index is 689. The molecular weight excluding hydrogens is 360 g/mol. The number of hydrogen-bond donors (Lipinski definition) is 1. The summed E-state index contributed by atoms with van der Waals surface area (Å²) in [4.78, 5) is 12.2. The number of benzene rings is 2. The van der Waals surface area contributed by atoms with E-state index >= 15 is 0 Å². The zero-order valence-corrected chi connectivity index (χ0v) is 14.4. The maximum absolute atomic E-state index is 12.2. The molecule has 0 fully saturated rings. The molecule has 6 heteroatoms. The zero-order chi connectivity index (χ0) is 16.7. The van der Waals surface area contributed by atoms with Gasteiger partial charge in [0.05, 0.1) is 13.3 Å². The van der Waals surface area contributed by atoms with E-state index in [4.69, 9.17) is 9.47 Å². The molecule has 120 valence electrons. The van der Waals surface area contributed by atoms with E-state index in [9.17, 15) is 4.79 Å². The molecule has 0 saturated heterocycles. The Morgan fingerprint density at radius 2 is 1.96 bits per heavy atom. The molecule has 0 aliphatic carbocycles. The van der Waals surface area contributed by atoms with Gasteiger partial charge >= 0.3 is 0 Å². The van der Waals surface area contributed by atoms with Gasteiger partial charge in [0, 0.05) is 17.1 Å². The Balaban J connectivity index is 2.07. The first-order valence-electron chi connectivity index (χ1n) is 6.90. The van der Waals surface area contributed by atoms with Crippen molar-refractivity contribution in [2.45, 2.75) is 6.10 Å². The molecule has 0 unspecified atom stereocenters. The van der Waals surface area contributed by atoms with Gasteiger partial charge in [0.15, 0.2) is 6.10 Å². The molecule has 2 rings (SSSR count). The van der Waals surface area contributed by atoms with Gasteiger partial charge in [0.25, 0.3) is 5.91 Å². The SMILES string of the molecule is COc1ccc(Br)cc1/C=N\NC(=O)[C@@H](OC)c1ccccc1. The van der Waals surface area contributed by atoms with Crippen molar-refractivity contribution < 1.29 is 14.3 Å². The third kappa shape index (κ3) is 4.64. The highest BCUT2D eigenvalue weighted by Gasteiger charge is 2.19. The van der Waals surface area contributed by atoms with Crippen LogP contribution in [0.25, 0.3) is 0 Å². The second kappa shape index (κ2) is 8.45. The molecule has 0 aromatic heterocycles. The average molecular weight is 377 g/mol. The van der Waals surface area contributed by atoms with Crippen molar-refractivity contribution in [3.63, 3.8) is 0 Å². The van der Waals surface area contributed by atoms with Gasteiger partial charge in [-0.2, -0.15) is 5.10 Å². The number of hydrazone groups is 1. The summed E-state index contributed by atoms with van der Waals surface area (Å²) in [5.41, 5.74) is 4.00. The first kappa shape index (κ1) is 17.2. The van der Waals surface area contributed by atoms with E-state index in [1.54, 1.807) is 7.11 Å². The van der Waals surface area contributed by atoms with Crippen LogP contribution < -0.4 is 10.2 Å². The normalized spacial score (nSPS) is 12.1. The molecule has 0 spiro atoms. The van der Waals surface area contributed by atoms with E-state index in [-0.39, 0.29) is 5.91 Å². The molecule has 1 amide bonds. The summed E-state index contributed by atoms with van der Waals surface area (Å²) in [6, 6.07) is 14.8. The smallest absolute Gasteiger partial charge is 0.273 e. The third-order valence-electron chi connectivity index (χ3n) is 3.15. The van der Waals surface area contributed by atoms with Crippen LogP contribution in [0.3, 0.4) is 0 Å². The minimum Gasteiger partial charge on any atom is -0.496 e. The number of hydrogen-bond acceptors (Lipinski definition) is 4. The predicted octanol–water partition coefficient (Wildman–Crippen LogP) is 3.30. The van der Waals surface area contributed by atoms with Gasteiger partial charge in [-0.25, -0.2) is 5.43 Å². The van der Waals surface area contributed by atoms with Crippen molar-refractivity contribution in [2.75, 3.05) is 14.2 Å². The highest BCUT2D eigenvalue weighted by Crippen LogP contribution is 2.21. The fraction of sp³-hybridized carbons (Fsp3) is 0.176. The molecule has 5 nitrogen and oxygen atoms in total. The number of ether oxygens (including phenoxy) is 2. The molecule has 1 atom stereocenters. The van der Waals surface area contributed by atoms with Crippen LogP contribution in [-0.4, -0.2) is 26.3 Å². The Kier molecular flexibility index (Phi) is 6.31. The largest absolute Gasteiger partial charge is 0.496 e. The molecule has 0 radical (unpaired) electrons. The Labute approximate surface area is 143 Å². The highest BCUT2D eigenvalue weighted by molar-refractivity contribution is 9.10. The maximum atomic E-state index is 12.2. The fourth-order valence-corrected chi connectivity index (χ4v) is 2.43. The quantitative estimate of drug-likeness (QED) is 0.621. The van der Waals surface area contributed by atoms with Crippen molar-refractivity contribution in [1.29, 1.82) is 0 Å². The van der Waals surface area contributed by atoms with Crippen LogP contribution in [0.4, 0.5) is 0 Å². The molecule has 2 aromatic rings. The predicted molar refractivity (Wildman–Crippen MR) is 92.6 cm³/mol. The standard InChI is InChI=1S/C17H17BrN2O3/c1-22-15-9-8-14(18)10-13(15)11-19-20-17(21)16(23-2)12-6-4-3-5-7-12/h3-11,16H,1-2H3,(H,20,21)/b19-11-/t16-/m0/s1.